The molecule has 94 valence electrons. The molecule has 2 aliphatic rings. The molecular weight excluding hydrogens is 226 g/mol. The third kappa shape index (κ3) is 1.36. The Morgan fingerprint density at radius 1 is 1.28 bits per heavy atom. The molecule has 1 amide bonds. The molecule has 1 unspecified atom stereocenters. The summed E-state index contributed by atoms with van der Waals surface area (Å²) in [6, 6.07) is 7.77. The molecule has 3 nitrogen and oxygen atoms in total. The van der Waals surface area contributed by atoms with Crippen LogP contribution in [0.1, 0.15) is 48.5 Å². The summed E-state index contributed by atoms with van der Waals surface area (Å²) in [5.41, 5.74) is 1.50. The van der Waals surface area contributed by atoms with E-state index in [0.717, 1.165) is 24.0 Å². The first-order chi connectivity index (χ1) is 8.69. The van der Waals surface area contributed by atoms with Crippen LogP contribution in [0.25, 0.3) is 0 Å². The molecule has 1 atom stereocenters. The number of hydrogen-bond donors (Lipinski definition) is 0. The van der Waals surface area contributed by atoms with Crippen LogP contribution in [-0.4, -0.2) is 23.1 Å². The van der Waals surface area contributed by atoms with Gasteiger partial charge in [-0.2, -0.15) is 0 Å². The Balaban J connectivity index is 2.17. The van der Waals surface area contributed by atoms with E-state index >= 15 is 0 Å². The molecule has 2 heterocycles. The van der Waals surface area contributed by atoms with Gasteiger partial charge in [0.2, 0.25) is 0 Å². The van der Waals surface area contributed by atoms with Gasteiger partial charge in [-0.3, -0.25) is 9.59 Å². The van der Waals surface area contributed by atoms with Crippen molar-refractivity contribution >= 4 is 11.7 Å². The SMILES string of the molecule is CCCC12CC(=O)CCN1C(=O)c1ccccc12. The molecule has 0 aliphatic carbocycles. The third-order valence-electron chi connectivity index (χ3n) is 4.19. The van der Waals surface area contributed by atoms with Crippen LogP contribution in [0.15, 0.2) is 24.3 Å². The van der Waals surface area contributed by atoms with E-state index < -0.39 is 0 Å². The van der Waals surface area contributed by atoms with Crippen molar-refractivity contribution in [2.45, 2.75) is 38.1 Å². The van der Waals surface area contributed by atoms with Crippen molar-refractivity contribution in [3.05, 3.63) is 35.4 Å². The van der Waals surface area contributed by atoms with Gasteiger partial charge in [0.05, 0.1) is 5.54 Å². The van der Waals surface area contributed by atoms with Crippen molar-refractivity contribution in [1.29, 1.82) is 0 Å². The fourth-order valence-corrected chi connectivity index (χ4v) is 3.49. The van der Waals surface area contributed by atoms with Crippen molar-refractivity contribution in [1.82, 2.24) is 4.90 Å². The van der Waals surface area contributed by atoms with Crippen LogP contribution in [0.4, 0.5) is 0 Å². The van der Waals surface area contributed by atoms with E-state index in [1.165, 1.54) is 0 Å². The quantitative estimate of drug-likeness (QED) is 0.800. The predicted octanol–water partition coefficient (Wildman–Crippen LogP) is 2.50. The number of carbonyl (C=O) groups excluding carboxylic acids is 2. The Labute approximate surface area is 107 Å². The van der Waals surface area contributed by atoms with Gasteiger partial charge in [0.1, 0.15) is 5.78 Å². The summed E-state index contributed by atoms with van der Waals surface area (Å²) < 4.78 is 0. The van der Waals surface area contributed by atoms with Crippen molar-refractivity contribution < 1.29 is 9.59 Å². The molecule has 3 rings (SSSR count). The van der Waals surface area contributed by atoms with Gasteiger partial charge in [-0.1, -0.05) is 31.5 Å². The van der Waals surface area contributed by atoms with E-state index in [4.69, 9.17) is 0 Å². The number of fused-ring (bicyclic) bond motifs is 3. The predicted molar refractivity (Wildman–Crippen MR) is 68.3 cm³/mol. The molecular formula is C15H17NO2. The first-order valence-electron chi connectivity index (χ1n) is 6.62. The van der Waals surface area contributed by atoms with Crippen LogP contribution in [0, 0.1) is 0 Å². The number of benzene rings is 1. The van der Waals surface area contributed by atoms with Crippen LogP contribution in [-0.2, 0) is 10.3 Å². The Kier molecular flexibility index (Phi) is 2.51. The number of piperidine rings is 1. The first-order valence-corrected chi connectivity index (χ1v) is 6.62. The van der Waals surface area contributed by atoms with E-state index in [1.54, 1.807) is 0 Å². The minimum atomic E-state index is -0.349. The topological polar surface area (TPSA) is 37.4 Å². The first kappa shape index (κ1) is 11.5. The molecule has 0 saturated carbocycles. The summed E-state index contributed by atoms with van der Waals surface area (Å²) in [5, 5.41) is 0. The Bertz CT molecular complexity index is 523. The van der Waals surface area contributed by atoms with Crippen LogP contribution in [0.3, 0.4) is 0 Å². The largest absolute Gasteiger partial charge is 0.328 e. The minimum absolute atomic E-state index is 0.103. The van der Waals surface area contributed by atoms with Crippen molar-refractivity contribution in [2.75, 3.05) is 6.54 Å². The van der Waals surface area contributed by atoms with Gasteiger partial charge >= 0.3 is 0 Å². The fourth-order valence-electron chi connectivity index (χ4n) is 3.49. The van der Waals surface area contributed by atoms with Crippen LogP contribution in [0.5, 0.6) is 0 Å². The molecule has 0 bridgehead atoms. The van der Waals surface area contributed by atoms with Gasteiger partial charge in [0.15, 0.2) is 0 Å². The fraction of sp³-hybridized carbons (Fsp3) is 0.467. The Hall–Kier alpha value is -1.64. The number of nitrogens with zero attached hydrogens (tertiary/aromatic N) is 1. The molecule has 3 heteroatoms. The smallest absolute Gasteiger partial charge is 0.254 e. The van der Waals surface area contributed by atoms with Crippen molar-refractivity contribution in [3.63, 3.8) is 0 Å². The maximum absolute atomic E-state index is 12.4. The van der Waals surface area contributed by atoms with Gasteiger partial charge in [-0.25, -0.2) is 0 Å². The molecule has 0 N–H and O–H groups in total. The second-order valence-corrected chi connectivity index (χ2v) is 5.25. The molecule has 1 aromatic carbocycles. The summed E-state index contributed by atoms with van der Waals surface area (Å²) in [4.78, 5) is 26.2. The molecule has 1 fully saturated rings. The lowest BCUT2D eigenvalue weighted by atomic mass is 9.78. The summed E-state index contributed by atoms with van der Waals surface area (Å²) in [6.07, 6.45) is 2.85. The Morgan fingerprint density at radius 2 is 2.06 bits per heavy atom. The van der Waals surface area contributed by atoms with Crippen LogP contribution >= 0.6 is 0 Å². The van der Waals surface area contributed by atoms with E-state index in [0.29, 0.717) is 19.4 Å². The summed E-state index contributed by atoms with van der Waals surface area (Å²) in [7, 11) is 0. The normalized spacial score (nSPS) is 26.2. The minimum Gasteiger partial charge on any atom is -0.328 e. The lowest BCUT2D eigenvalue weighted by molar-refractivity contribution is -0.125. The zero-order chi connectivity index (χ0) is 12.8. The van der Waals surface area contributed by atoms with Gasteiger partial charge in [0, 0.05) is 24.9 Å². The second-order valence-electron chi connectivity index (χ2n) is 5.25. The highest BCUT2D eigenvalue weighted by atomic mass is 16.2. The number of amides is 1. The van der Waals surface area contributed by atoms with Crippen LogP contribution < -0.4 is 0 Å². The van der Waals surface area contributed by atoms with E-state index in [9.17, 15) is 9.59 Å². The Morgan fingerprint density at radius 3 is 2.83 bits per heavy atom. The average molecular weight is 243 g/mol. The number of Topliss-reactive ketones (excluding diaryl/α,β-unsaturated/α-hetero) is 1. The summed E-state index contributed by atoms with van der Waals surface area (Å²) in [6.45, 7) is 2.68. The third-order valence-corrected chi connectivity index (χ3v) is 4.19. The van der Waals surface area contributed by atoms with Gasteiger partial charge in [0.25, 0.3) is 5.91 Å². The molecule has 18 heavy (non-hydrogen) atoms. The zero-order valence-corrected chi connectivity index (χ0v) is 10.6. The number of carbonyl (C=O) groups is 2. The van der Waals surface area contributed by atoms with Gasteiger partial charge < -0.3 is 4.90 Å². The lowest BCUT2D eigenvalue weighted by Gasteiger charge is -2.42. The number of rotatable bonds is 2. The molecule has 0 aromatic heterocycles. The maximum Gasteiger partial charge on any atom is 0.254 e. The van der Waals surface area contributed by atoms with Gasteiger partial charge in [-0.05, 0) is 18.1 Å². The maximum atomic E-state index is 12.4. The van der Waals surface area contributed by atoms with Crippen LogP contribution in [0.2, 0.25) is 0 Å². The highest BCUT2D eigenvalue weighted by molar-refractivity contribution is 6.02. The summed E-state index contributed by atoms with van der Waals surface area (Å²) >= 11 is 0. The highest BCUT2D eigenvalue weighted by Crippen LogP contribution is 2.47. The molecule has 1 saturated heterocycles. The molecule has 1 aromatic rings. The zero-order valence-electron chi connectivity index (χ0n) is 10.6. The van der Waals surface area contributed by atoms with E-state index in [-0.39, 0.29) is 17.2 Å². The van der Waals surface area contributed by atoms with E-state index in [1.807, 2.05) is 29.2 Å². The number of hydrogen-bond acceptors (Lipinski definition) is 2. The van der Waals surface area contributed by atoms with Gasteiger partial charge in [-0.15, -0.1) is 0 Å². The molecule has 0 spiro atoms. The van der Waals surface area contributed by atoms with Crippen molar-refractivity contribution in [2.24, 2.45) is 0 Å². The molecule has 2 aliphatic heterocycles. The number of ketones is 1. The lowest BCUT2D eigenvalue weighted by Crippen LogP contribution is -2.49. The second kappa shape index (κ2) is 3.94. The monoisotopic (exact) mass is 243 g/mol. The van der Waals surface area contributed by atoms with Crippen molar-refractivity contribution in [3.8, 4) is 0 Å². The standard InChI is InChI=1S/C15H17NO2/c1-2-8-15-10-11(17)7-9-16(15)14(18)12-5-3-4-6-13(12)15/h3-6H,2,7-10H2,1H3. The van der Waals surface area contributed by atoms with E-state index in [2.05, 4.69) is 6.92 Å². The summed E-state index contributed by atoms with van der Waals surface area (Å²) in [5.74, 6) is 0.385. The average Bonchev–Trinajstić information content (AvgIpc) is 2.61. The molecule has 0 radical (unpaired) electrons. The highest BCUT2D eigenvalue weighted by Gasteiger charge is 2.51.